The maximum absolute atomic E-state index is 10.4. The van der Waals surface area contributed by atoms with Crippen LogP contribution in [-0.2, 0) is 6.54 Å². The fraction of sp³-hybridized carbons (Fsp3) is 0.769. The second-order valence-electron chi connectivity index (χ2n) is 4.35. The minimum atomic E-state index is -0.359. The van der Waals surface area contributed by atoms with Crippen molar-refractivity contribution in [3.63, 3.8) is 0 Å². The Bertz CT molecular complexity index is 290. The van der Waals surface area contributed by atoms with Gasteiger partial charge in [0.25, 0.3) is 0 Å². The Morgan fingerprint density at radius 2 is 1.88 bits per heavy atom. The highest BCUT2D eigenvalue weighted by atomic mass is 16.3. The van der Waals surface area contributed by atoms with Crippen molar-refractivity contribution in [2.24, 2.45) is 5.92 Å². The van der Waals surface area contributed by atoms with E-state index in [1.54, 1.807) is 6.20 Å². The molecular weight excluding hydrogens is 200 g/mol. The molecule has 3 heteroatoms. The van der Waals surface area contributed by atoms with E-state index in [0.717, 1.165) is 37.9 Å². The summed E-state index contributed by atoms with van der Waals surface area (Å²) in [6.07, 6.45) is 5.84. The molecule has 1 atom stereocenters. The molecule has 0 aliphatic heterocycles. The van der Waals surface area contributed by atoms with Crippen LogP contribution in [0.1, 0.15) is 58.3 Å². The van der Waals surface area contributed by atoms with Crippen molar-refractivity contribution in [1.82, 2.24) is 9.78 Å². The smallest absolute Gasteiger partial charge is 0.0984 e. The lowest BCUT2D eigenvalue weighted by molar-refractivity contribution is 0.0879. The molecule has 1 N–H and O–H groups in total. The second-order valence-corrected chi connectivity index (χ2v) is 4.35. The molecule has 1 rings (SSSR count). The molecule has 1 heterocycles. The summed E-state index contributed by atoms with van der Waals surface area (Å²) < 4.78 is 1.89. The van der Waals surface area contributed by atoms with Gasteiger partial charge in [0.1, 0.15) is 0 Å². The van der Waals surface area contributed by atoms with E-state index in [1.165, 1.54) is 0 Å². The molecule has 0 spiro atoms. The number of nitrogens with zero attached hydrogens (tertiary/aromatic N) is 2. The molecule has 3 nitrogen and oxygen atoms in total. The van der Waals surface area contributed by atoms with Gasteiger partial charge >= 0.3 is 0 Å². The summed E-state index contributed by atoms with van der Waals surface area (Å²) in [5.74, 6) is 0.372. The Kier molecular flexibility index (Phi) is 5.53. The summed E-state index contributed by atoms with van der Waals surface area (Å²) in [5, 5.41) is 14.6. The van der Waals surface area contributed by atoms with Gasteiger partial charge in [0, 0.05) is 12.7 Å². The van der Waals surface area contributed by atoms with E-state index in [-0.39, 0.29) is 6.10 Å². The van der Waals surface area contributed by atoms with Crippen LogP contribution in [0.2, 0.25) is 0 Å². The highest BCUT2D eigenvalue weighted by Gasteiger charge is 2.22. The van der Waals surface area contributed by atoms with Gasteiger partial charge < -0.3 is 5.11 Å². The highest BCUT2D eigenvalue weighted by Crippen LogP contribution is 2.29. The Labute approximate surface area is 98.5 Å². The van der Waals surface area contributed by atoms with Gasteiger partial charge in [-0.1, -0.05) is 26.7 Å². The molecule has 0 amide bonds. The molecule has 0 bridgehead atoms. The zero-order valence-electron chi connectivity index (χ0n) is 10.7. The first-order valence-corrected chi connectivity index (χ1v) is 6.44. The van der Waals surface area contributed by atoms with E-state index < -0.39 is 0 Å². The van der Waals surface area contributed by atoms with Crippen LogP contribution < -0.4 is 0 Å². The summed E-state index contributed by atoms with van der Waals surface area (Å²) >= 11 is 0. The molecule has 0 saturated carbocycles. The van der Waals surface area contributed by atoms with E-state index in [9.17, 15) is 5.11 Å². The lowest BCUT2D eigenvalue weighted by Gasteiger charge is -2.22. The van der Waals surface area contributed by atoms with Crippen molar-refractivity contribution in [1.29, 1.82) is 0 Å². The van der Waals surface area contributed by atoms with Gasteiger partial charge in [-0.15, -0.1) is 0 Å². The second kappa shape index (κ2) is 6.69. The molecule has 0 saturated heterocycles. The van der Waals surface area contributed by atoms with Crippen molar-refractivity contribution in [2.45, 2.75) is 59.1 Å². The minimum absolute atomic E-state index is 0.359. The van der Waals surface area contributed by atoms with Gasteiger partial charge in [0.05, 0.1) is 11.8 Å². The van der Waals surface area contributed by atoms with Crippen molar-refractivity contribution in [3.8, 4) is 0 Å². The third kappa shape index (κ3) is 3.08. The van der Waals surface area contributed by atoms with Gasteiger partial charge in [-0.05, 0) is 31.7 Å². The van der Waals surface area contributed by atoms with E-state index in [4.69, 9.17) is 0 Å². The summed E-state index contributed by atoms with van der Waals surface area (Å²) in [6, 6.07) is 1.94. The van der Waals surface area contributed by atoms with Gasteiger partial charge in [-0.2, -0.15) is 5.10 Å². The summed E-state index contributed by atoms with van der Waals surface area (Å²) in [7, 11) is 0. The maximum Gasteiger partial charge on any atom is 0.0984 e. The molecule has 16 heavy (non-hydrogen) atoms. The van der Waals surface area contributed by atoms with Crippen LogP contribution in [0.15, 0.2) is 12.3 Å². The lowest BCUT2D eigenvalue weighted by Crippen LogP contribution is -2.17. The SMILES string of the molecule is CCCC(CCC)C(O)c1ccnn1CC. The number of hydrogen-bond donors (Lipinski definition) is 1. The van der Waals surface area contributed by atoms with Crippen LogP contribution in [-0.4, -0.2) is 14.9 Å². The number of rotatable bonds is 7. The summed E-state index contributed by atoms with van der Waals surface area (Å²) in [4.78, 5) is 0. The zero-order valence-corrected chi connectivity index (χ0v) is 10.7. The highest BCUT2D eigenvalue weighted by molar-refractivity contribution is 5.05. The molecular formula is C13H24N2O. The van der Waals surface area contributed by atoms with E-state index >= 15 is 0 Å². The van der Waals surface area contributed by atoms with Crippen LogP contribution >= 0.6 is 0 Å². The third-order valence-electron chi connectivity index (χ3n) is 3.12. The van der Waals surface area contributed by atoms with E-state index in [1.807, 2.05) is 10.7 Å². The van der Waals surface area contributed by atoms with Crippen molar-refractivity contribution in [3.05, 3.63) is 18.0 Å². The first-order chi connectivity index (χ1) is 7.74. The van der Waals surface area contributed by atoms with Crippen LogP contribution in [0.25, 0.3) is 0 Å². The fourth-order valence-electron chi connectivity index (χ4n) is 2.30. The third-order valence-corrected chi connectivity index (χ3v) is 3.12. The monoisotopic (exact) mass is 224 g/mol. The largest absolute Gasteiger partial charge is 0.387 e. The predicted molar refractivity (Wildman–Crippen MR) is 66.2 cm³/mol. The zero-order chi connectivity index (χ0) is 12.0. The molecule has 1 aromatic heterocycles. The van der Waals surface area contributed by atoms with Crippen molar-refractivity contribution >= 4 is 0 Å². The first-order valence-electron chi connectivity index (χ1n) is 6.44. The maximum atomic E-state index is 10.4. The topological polar surface area (TPSA) is 38.1 Å². The number of hydrogen-bond acceptors (Lipinski definition) is 2. The Morgan fingerprint density at radius 3 is 2.38 bits per heavy atom. The van der Waals surface area contributed by atoms with Gasteiger partial charge in [-0.25, -0.2) is 0 Å². The molecule has 0 aliphatic carbocycles. The van der Waals surface area contributed by atoms with E-state index in [2.05, 4.69) is 25.9 Å². The van der Waals surface area contributed by atoms with Crippen LogP contribution in [0.3, 0.4) is 0 Å². The van der Waals surface area contributed by atoms with Gasteiger partial charge in [0.2, 0.25) is 0 Å². The molecule has 0 aliphatic rings. The van der Waals surface area contributed by atoms with E-state index in [0.29, 0.717) is 5.92 Å². The predicted octanol–water partition coefficient (Wildman–Crippen LogP) is 3.15. The number of aliphatic hydroxyl groups excluding tert-OH is 1. The number of aromatic nitrogens is 2. The van der Waals surface area contributed by atoms with Crippen LogP contribution in [0, 0.1) is 5.92 Å². The fourth-order valence-corrected chi connectivity index (χ4v) is 2.30. The first kappa shape index (κ1) is 13.2. The Morgan fingerprint density at radius 1 is 1.25 bits per heavy atom. The average Bonchev–Trinajstić information content (AvgIpc) is 2.75. The lowest BCUT2D eigenvalue weighted by atomic mass is 9.90. The number of aliphatic hydroxyl groups is 1. The molecule has 1 unspecified atom stereocenters. The van der Waals surface area contributed by atoms with Gasteiger partial charge in [0.15, 0.2) is 0 Å². The van der Waals surface area contributed by atoms with Gasteiger partial charge in [-0.3, -0.25) is 4.68 Å². The molecule has 1 aromatic rings. The van der Waals surface area contributed by atoms with Crippen molar-refractivity contribution in [2.75, 3.05) is 0 Å². The summed E-state index contributed by atoms with van der Waals surface area (Å²) in [6.45, 7) is 7.22. The quantitative estimate of drug-likeness (QED) is 0.772. The van der Waals surface area contributed by atoms with Crippen LogP contribution in [0.4, 0.5) is 0 Å². The number of aryl methyl sites for hydroxylation is 1. The Hall–Kier alpha value is -0.830. The minimum Gasteiger partial charge on any atom is -0.387 e. The molecule has 0 fully saturated rings. The standard InChI is InChI=1S/C13H24N2O/c1-4-7-11(8-5-2)13(16)12-9-10-14-15(12)6-3/h9-11,13,16H,4-8H2,1-3H3. The normalized spacial score (nSPS) is 13.3. The Balaban J connectivity index is 2.76. The molecule has 92 valence electrons. The summed E-state index contributed by atoms with van der Waals surface area (Å²) in [5.41, 5.74) is 0.967. The molecule has 0 radical (unpaired) electrons. The van der Waals surface area contributed by atoms with Crippen LogP contribution in [0.5, 0.6) is 0 Å². The van der Waals surface area contributed by atoms with Crippen molar-refractivity contribution < 1.29 is 5.11 Å². The molecule has 0 aromatic carbocycles. The average molecular weight is 224 g/mol.